The van der Waals surface area contributed by atoms with Gasteiger partial charge in [0.25, 0.3) is 5.91 Å². The smallest absolute Gasteiger partial charge is 0.263 e. The molecule has 1 heterocycles. The normalized spacial score (nSPS) is 17.7. The molecule has 0 aliphatic carbocycles. The molecule has 0 spiro atoms. The molecule has 0 bridgehead atoms. The zero-order valence-electron chi connectivity index (χ0n) is 12.7. The summed E-state index contributed by atoms with van der Waals surface area (Å²) < 4.78 is 18.7. The average molecular weight is 293 g/mol. The molecule has 1 amide bonds. The van der Waals surface area contributed by atoms with E-state index in [2.05, 4.69) is 0 Å². The third-order valence-corrected chi connectivity index (χ3v) is 3.91. The summed E-state index contributed by atoms with van der Waals surface area (Å²) >= 11 is 0. The zero-order chi connectivity index (χ0) is 15.1. The monoisotopic (exact) mass is 293 g/mol. The van der Waals surface area contributed by atoms with Crippen LogP contribution in [0.5, 0.6) is 5.75 Å². The molecule has 0 radical (unpaired) electrons. The molecule has 1 aliphatic rings. The summed E-state index contributed by atoms with van der Waals surface area (Å²) in [6.07, 6.45) is 5.93. The molecular weight excluding hydrogens is 269 g/mol. The largest absolute Gasteiger partial charge is 0.481 e. The molecule has 1 saturated heterocycles. The summed E-state index contributed by atoms with van der Waals surface area (Å²) in [6.45, 7) is 3.58. The summed E-state index contributed by atoms with van der Waals surface area (Å²) in [7, 11) is 0. The Balaban J connectivity index is 1.97. The van der Waals surface area contributed by atoms with E-state index in [1.807, 2.05) is 11.8 Å². The predicted octanol–water partition coefficient (Wildman–Crippen LogP) is 3.78. The number of amides is 1. The van der Waals surface area contributed by atoms with Crippen LogP contribution < -0.4 is 4.74 Å². The second-order valence-electron chi connectivity index (χ2n) is 5.56. The van der Waals surface area contributed by atoms with Crippen molar-refractivity contribution in [3.8, 4) is 5.75 Å². The molecular formula is C17H24FNO2. The highest BCUT2D eigenvalue weighted by Crippen LogP contribution is 2.17. The summed E-state index contributed by atoms with van der Waals surface area (Å²) in [5.74, 6) is 0.304. The third-order valence-electron chi connectivity index (χ3n) is 3.91. The molecule has 0 aromatic heterocycles. The van der Waals surface area contributed by atoms with Crippen molar-refractivity contribution in [1.82, 2.24) is 4.90 Å². The molecule has 4 heteroatoms. The standard InChI is InChI=1S/C17H24FNO2/c1-2-16(21-15-10-8-14(18)9-11-15)17(20)19-12-6-4-3-5-7-13-19/h8-11,16H,2-7,12-13H2,1H3/t16-/m0/s1. The molecule has 0 saturated carbocycles. The van der Waals surface area contributed by atoms with Gasteiger partial charge in [-0.15, -0.1) is 0 Å². The van der Waals surface area contributed by atoms with Crippen molar-refractivity contribution in [2.45, 2.75) is 51.6 Å². The maximum atomic E-state index is 12.9. The number of halogens is 1. The molecule has 1 atom stereocenters. The maximum absolute atomic E-state index is 12.9. The lowest BCUT2D eigenvalue weighted by Gasteiger charge is -2.28. The van der Waals surface area contributed by atoms with Gasteiger partial charge in [0.05, 0.1) is 0 Å². The summed E-state index contributed by atoms with van der Waals surface area (Å²) in [6, 6.07) is 5.84. The summed E-state index contributed by atoms with van der Waals surface area (Å²) in [5, 5.41) is 0. The number of hydrogen-bond donors (Lipinski definition) is 0. The van der Waals surface area contributed by atoms with Crippen molar-refractivity contribution >= 4 is 5.91 Å². The van der Waals surface area contributed by atoms with Gasteiger partial charge in [-0.25, -0.2) is 4.39 Å². The number of carbonyl (C=O) groups is 1. The molecule has 0 N–H and O–H groups in total. The van der Waals surface area contributed by atoms with Crippen LogP contribution in [-0.2, 0) is 4.79 Å². The minimum absolute atomic E-state index is 0.0590. The Morgan fingerprint density at radius 2 is 1.71 bits per heavy atom. The van der Waals surface area contributed by atoms with E-state index in [-0.39, 0.29) is 11.7 Å². The number of carbonyl (C=O) groups excluding carboxylic acids is 1. The van der Waals surface area contributed by atoms with Gasteiger partial charge in [-0.2, -0.15) is 0 Å². The molecule has 1 aromatic carbocycles. The lowest BCUT2D eigenvalue weighted by atomic mass is 10.1. The summed E-state index contributed by atoms with van der Waals surface area (Å²) in [5.41, 5.74) is 0. The van der Waals surface area contributed by atoms with Crippen LogP contribution in [0.3, 0.4) is 0 Å². The molecule has 3 nitrogen and oxygen atoms in total. The lowest BCUT2D eigenvalue weighted by molar-refractivity contribution is -0.139. The summed E-state index contributed by atoms with van der Waals surface area (Å²) in [4.78, 5) is 14.5. The highest BCUT2D eigenvalue weighted by molar-refractivity contribution is 5.81. The number of benzene rings is 1. The molecule has 2 rings (SSSR count). The van der Waals surface area contributed by atoms with E-state index < -0.39 is 6.10 Å². The van der Waals surface area contributed by atoms with Crippen LogP contribution in [-0.4, -0.2) is 30.0 Å². The van der Waals surface area contributed by atoms with Crippen LogP contribution in [0.2, 0.25) is 0 Å². The Hall–Kier alpha value is -1.58. The second-order valence-corrected chi connectivity index (χ2v) is 5.56. The van der Waals surface area contributed by atoms with E-state index in [4.69, 9.17) is 4.74 Å². The number of nitrogens with zero attached hydrogens (tertiary/aromatic N) is 1. The van der Waals surface area contributed by atoms with Gasteiger partial charge in [0, 0.05) is 13.1 Å². The van der Waals surface area contributed by atoms with Gasteiger partial charge in [-0.3, -0.25) is 4.79 Å². The van der Waals surface area contributed by atoms with Crippen molar-refractivity contribution in [3.63, 3.8) is 0 Å². The first-order valence-electron chi connectivity index (χ1n) is 7.91. The fourth-order valence-corrected chi connectivity index (χ4v) is 2.66. The van der Waals surface area contributed by atoms with E-state index >= 15 is 0 Å². The van der Waals surface area contributed by atoms with Gasteiger partial charge >= 0.3 is 0 Å². The van der Waals surface area contributed by atoms with E-state index in [0.717, 1.165) is 25.9 Å². The van der Waals surface area contributed by atoms with Gasteiger partial charge in [-0.1, -0.05) is 26.2 Å². The number of rotatable bonds is 4. The lowest BCUT2D eigenvalue weighted by Crippen LogP contribution is -2.43. The Morgan fingerprint density at radius 1 is 1.14 bits per heavy atom. The van der Waals surface area contributed by atoms with Crippen LogP contribution >= 0.6 is 0 Å². The minimum atomic E-state index is -0.477. The number of likely N-dealkylation sites (tertiary alicyclic amines) is 1. The van der Waals surface area contributed by atoms with Gasteiger partial charge in [0.15, 0.2) is 6.10 Å². The van der Waals surface area contributed by atoms with Crippen molar-refractivity contribution < 1.29 is 13.9 Å². The van der Waals surface area contributed by atoms with E-state index in [0.29, 0.717) is 12.2 Å². The molecule has 116 valence electrons. The van der Waals surface area contributed by atoms with Gasteiger partial charge in [0.2, 0.25) is 0 Å². The maximum Gasteiger partial charge on any atom is 0.263 e. The number of ether oxygens (including phenoxy) is 1. The Morgan fingerprint density at radius 3 is 2.29 bits per heavy atom. The molecule has 1 aromatic rings. The van der Waals surface area contributed by atoms with E-state index in [1.165, 1.54) is 31.4 Å². The quantitative estimate of drug-likeness (QED) is 0.845. The van der Waals surface area contributed by atoms with E-state index in [1.54, 1.807) is 12.1 Å². The van der Waals surface area contributed by atoms with Crippen molar-refractivity contribution in [3.05, 3.63) is 30.1 Å². The Kier molecular flexibility index (Phi) is 6.03. The fraction of sp³-hybridized carbons (Fsp3) is 0.588. The van der Waals surface area contributed by atoms with Crippen molar-refractivity contribution in [2.75, 3.05) is 13.1 Å². The van der Waals surface area contributed by atoms with Gasteiger partial charge in [0.1, 0.15) is 11.6 Å². The van der Waals surface area contributed by atoms with Crippen molar-refractivity contribution in [1.29, 1.82) is 0 Å². The first-order valence-corrected chi connectivity index (χ1v) is 7.91. The zero-order valence-corrected chi connectivity index (χ0v) is 12.7. The van der Waals surface area contributed by atoms with Crippen LogP contribution in [0.25, 0.3) is 0 Å². The fourth-order valence-electron chi connectivity index (χ4n) is 2.66. The predicted molar refractivity (Wildman–Crippen MR) is 80.8 cm³/mol. The highest BCUT2D eigenvalue weighted by atomic mass is 19.1. The van der Waals surface area contributed by atoms with Crippen LogP contribution in [0.1, 0.15) is 45.4 Å². The highest BCUT2D eigenvalue weighted by Gasteiger charge is 2.24. The Bertz CT molecular complexity index is 439. The molecule has 0 unspecified atom stereocenters. The van der Waals surface area contributed by atoms with Crippen LogP contribution in [0, 0.1) is 5.82 Å². The minimum Gasteiger partial charge on any atom is -0.481 e. The van der Waals surface area contributed by atoms with Crippen LogP contribution in [0.4, 0.5) is 4.39 Å². The molecule has 1 aliphatic heterocycles. The third kappa shape index (κ3) is 4.73. The first-order chi connectivity index (χ1) is 10.2. The van der Waals surface area contributed by atoms with Gasteiger partial charge < -0.3 is 9.64 Å². The molecule has 21 heavy (non-hydrogen) atoms. The average Bonchev–Trinajstić information content (AvgIpc) is 2.46. The van der Waals surface area contributed by atoms with Gasteiger partial charge in [-0.05, 0) is 43.5 Å². The topological polar surface area (TPSA) is 29.5 Å². The Labute approximate surface area is 126 Å². The first kappa shape index (κ1) is 15.8. The van der Waals surface area contributed by atoms with Crippen molar-refractivity contribution in [2.24, 2.45) is 0 Å². The molecule has 1 fully saturated rings. The SMILES string of the molecule is CC[C@H](Oc1ccc(F)cc1)C(=O)N1CCCCCCC1. The number of hydrogen-bond acceptors (Lipinski definition) is 2. The second kappa shape index (κ2) is 8.01. The van der Waals surface area contributed by atoms with Crippen LogP contribution in [0.15, 0.2) is 24.3 Å². The van der Waals surface area contributed by atoms with E-state index in [9.17, 15) is 9.18 Å².